The Hall–Kier alpha value is -2.35. The maximum absolute atomic E-state index is 12.8. The van der Waals surface area contributed by atoms with Crippen molar-refractivity contribution in [3.05, 3.63) is 27.8 Å². The number of hydrogen-bond donors (Lipinski definition) is 0. The molecule has 8 nitrogen and oxygen atoms in total. The molecule has 0 unspecified atom stereocenters. The van der Waals surface area contributed by atoms with Crippen molar-refractivity contribution in [2.75, 3.05) is 18.0 Å². The molecule has 3 rings (SSSR count). The second-order valence-corrected chi connectivity index (χ2v) is 9.24. The number of pyridine rings is 1. The molecule has 1 aliphatic heterocycles. The number of rotatable bonds is 3. The smallest absolute Gasteiger partial charge is 0.410 e. The number of nitrogens with zero attached hydrogens (tertiary/aromatic N) is 5. The molecule has 1 fully saturated rings. The number of aryl methyl sites for hydroxylation is 1. The van der Waals surface area contributed by atoms with Crippen LogP contribution < -0.4 is 10.6 Å². The van der Waals surface area contributed by atoms with Crippen molar-refractivity contribution >= 4 is 34.5 Å². The van der Waals surface area contributed by atoms with E-state index in [0.717, 1.165) is 12.8 Å². The molecule has 0 saturated carbocycles. The van der Waals surface area contributed by atoms with Gasteiger partial charge < -0.3 is 14.5 Å². The van der Waals surface area contributed by atoms with Crippen LogP contribution in [0.4, 0.5) is 10.6 Å². The van der Waals surface area contributed by atoms with Crippen LogP contribution in [-0.4, -0.2) is 56.3 Å². The van der Waals surface area contributed by atoms with Crippen LogP contribution in [-0.2, 0) is 11.8 Å². The number of carbonyl (C=O) groups excluding carboxylic acids is 1. The summed E-state index contributed by atoms with van der Waals surface area (Å²) in [5, 5.41) is 0.342. The molecule has 0 aromatic carbocycles. The van der Waals surface area contributed by atoms with E-state index in [4.69, 9.17) is 16.3 Å². The largest absolute Gasteiger partial charge is 0.444 e. The molecular weight excluding hydrogens is 406 g/mol. The van der Waals surface area contributed by atoms with Crippen molar-refractivity contribution in [3.8, 4) is 0 Å². The number of carbonyl (C=O) groups is 1. The fourth-order valence-electron chi connectivity index (χ4n) is 3.84. The minimum Gasteiger partial charge on any atom is -0.444 e. The first kappa shape index (κ1) is 22.3. The molecule has 2 aromatic heterocycles. The van der Waals surface area contributed by atoms with Crippen LogP contribution in [0.15, 0.2) is 16.9 Å². The molecule has 9 heteroatoms. The standard InChI is InChI=1S/C21H30ClN5O3/c1-7-8-14-12-26(13(2)11-27(14)20(29)30-21(3,4)5)18-17-15(9-10-16(22)23-17)25(6)19(28)24-18/h9-10,13-14H,7-8,11-12H2,1-6H3/t13-,14+/m0/s1. The van der Waals surface area contributed by atoms with Crippen molar-refractivity contribution < 1.29 is 9.53 Å². The van der Waals surface area contributed by atoms with Crippen molar-refractivity contribution in [1.82, 2.24) is 19.4 Å². The average molecular weight is 436 g/mol. The van der Waals surface area contributed by atoms with E-state index in [9.17, 15) is 9.59 Å². The molecule has 0 bridgehead atoms. The summed E-state index contributed by atoms with van der Waals surface area (Å²) in [5.41, 5.74) is 0.342. The van der Waals surface area contributed by atoms with Crippen molar-refractivity contribution in [1.29, 1.82) is 0 Å². The van der Waals surface area contributed by atoms with Gasteiger partial charge in [0.05, 0.1) is 11.6 Å². The van der Waals surface area contributed by atoms with Crippen LogP contribution in [0.5, 0.6) is 0 Å². The lowest BCUT2D eigenvalue weighted by Gasteiger charge is -2.46. The molecule has 2 atom stereocenters. The van der Waals surface area contributed by atoms with Gasteiger partial charge >= 0.3 is 11.8 Å². The first-order valence-electron chi connectivity index (χ1n) is 10.3. The fourth-order valence-corrected chi connectivity index (χ4v) is 3.99. The average Bonchev–Trinajstić information content (AvgIpc) is 2.64. The highest BCUT2D eigenvalue weighted by Crippen LogP contribution is 2.29. The van der Waals surface area contributed by atoms with E-state index in [1.165, 1.54) is 4.57 Å². The topological polar surface area (TPSA) is 80.6 Å². The molecule has 3 heterocycles. The Morgan fingerprint density at radius 2 is 1.97 bits per heavy atom. The minimum atomic E-state index is -0.557. The summed E-state index contributed by atoms with van der Waals surface area (Å²) < 4.78 is 7.10. The third kappa shape index (κ3) is 4.53. The number of piperazine rings is 1. The molecule has 0 radical (unpaired) electrons. The number of anilines is 1. The van der Waals surface area contributed by atoms with Gasteiger partial charge in [0.1, 0.15) is 16.3 Å². The number of fused-ring (bicyclic) bond motifs is 1. The number of hydrogen-bond acceptors (Lipinski definition) is 6. The summed E-state index contributed by atoms with van der Waals surface area (Å²) in [7, 11) is 1.67. The van der Waals surface area contributed by atoms with E-state index in [2.05, 4.69) is 21.8 Å². The molecule has 0 aliphatic carbocycles. The summed E-state index contributed by atoms with van der Waals surface area (Å²) >= 11 is 6.15. The van der Waals surface area contributed by atoms with Gasteiger partial charge in [0.15, 0.2) is 5.82 Å². The molecular formula is C21H30ClN5O3. The second kappa shape index (κ2) is 8.41. The van der Waals surface area contributed by atoms with Crippen molar-refractivity contribution in [2.45, 2.75) is 65.1 Å². The molecule has 0 N–H and O–H groups in total. The maximum atomic E-state index is 12.8. The molecule has 1 aliphatic rings. The van der Waals surface area contributed by atoms with Gasteiger partial charge in [-0.25, -0.2) is 14.6 Å². The van der Waals surface area contributed by atoms with Gasteiger partial charge in [0, 0.05) is 26.2 Å². The minimum absolute atomic E-state index is 0.0545. The number of aromatic nitrogens is 3. The molecule has 2 aromatic rings. The highest BCUT2D eigenvalue weighted by Gasteiger charge is 2.37. The monoisotopic (exact) mass is 435 g/mol. The van der Waals surface area contributed by atoms with Crippen LogP contribution in [0.3, 0.4) is 0 Å². The summed E-state index contributed by atoms with van der Waals surface area (Å²) in [6, 6.07) is 3.31. The summed E-state index contributed by atoms with van der Waals surface area (Å²) in [4.78, 5) is 38.0. The summed E-state index contributed by atoms with van der Waals surface area (Å²) in [5.74, 6) is 0.507. The highest BCUT2D eigenvalue weighted by atomic mass is 35.5. The third-order valence-corrected chi connectivity index (χ3v) is 5.48. The Balaban J connectivity index is 2.01. The summed E-state index contributed by atoms with van der Waals surface area (Å²) in [6.07, 6.45) is 1.43. The van der Waals surface area contributed by atoms with Gasteiger partial charge in [0.2, 0.25) is 0 Å². The van der Waals surface area contributed by atoms with E-state index in [1.54, 1.807) is 24.1 Å². The zero-order valence-electron chi connectivity index (χ0n) is 18.5. The molecule has 1 saturated heterocycles. The van der Waals surface area contributed by atoms with Crippen LogP contribution in [0.1, 0.15) is 47.5 Å². The van der Waals surface area contributed by atoms with Gasteiger partial charge in [-0.3, -0.25) is 4.57 Å². The number of ether oxygens (including phenoxy) is 1. The van der Waals surface area contributed by atoms with E-state index >= 15 is 0 Å². The maximum Gasteiger partial charge on any atom is 0.410 e. The van der Waals surface area contributed by atoms with E-state index < -0.39 is 5.60 Å². The van der Waals surface area contributed by atoms with E-state index in [-0.39, 0.29) is 23.9 Å². The molecule has 164 valence electrons. The van der Waals surface area contributed by atoms with Gasteiger partial charge in [-0.05, 0) is 46.2 Å². The lowest BCUT2D eigenvalue weighted by molar-refractivity contribution is 0.00999. The first-order valence-corrected chi connectivity index (χ1v) is 10.7. The first-order chi connectivity index (χ1) is 14.0. The SMILES string of the molecule is CCC[C@@H]1CN(c2nc(=O)n(C)c3ccc(Cl)nc23)[C@@H](C)CN1C(=O)OC(C)(C)C. The lowest BCUT2D eigenvalue weighted by Crippen LogP contribution is -2.60. The normalized spacial score (nSPS) is 20.0. The quantitative estimate of drug-likeness (QED) is 0.685. The highest BCUT2D eigenvalue weighted by molar-refractivity contribution is 6.29. The van der Waals surface area contributed by atoms with Crippen LogP contribution in [0, 0.1) is 0 Å². The fraction of sp³-hybridized carbons (Fsp3) is 0.619. The number of amides is 1. The molecule has 30 heavy (non-hydrogen) atoms. The Labute approximate surface area is 181 Å². The Kier molecular flexibility index (Phi) is 6.26. The zero-order valence-corrected chi connectivity index (χ0v) is 19.2. The van der Waals surface area contributed by atoms with Crippen molar-refractivity contribution in [3.63, 3.8) is 0 Å². The van der Waals surface area contributed by atoms with Crippen LogP contribution in [0.25, 0.3) is 11.0 Å². The van der Waals surface area contributed by atoms with E-state index in [0.29, 0.717) is 35.1 Å². The molecule has 1 amide bonds. The predicted molar refractivity (Wildman–Crippen MR) is 118 cm³/mol. The third-order valence-electron chi connectivity index (χ3n) is 5.26. The molecule has 0 spiro atoms. The number of halogens is 1. The van der Waals surface area contributed by atoms with Crippen LogP contribution >= 0.6 is 11.6 Å². The Morgan fingerprint density at radius 1 is 1.27 bits per heavy atom. The Bertz CT molecular complexity index is 1000. The zero-order chi connectivity index (χ0) is 22.2. The van der Waals surface area contributed by atoms with Gasteiger partial charge in [-0.2, -0.15) is 4.98 Å². The second-order valence-electron chi connectivity index (χ2n) is 8.86. The Morgan fingerprint density at radius 3 is 2.60 bits per heavy atom. The van der Waals surface area contributed by atoms with E-state index in [1.807, 2.05) is 27.7 Å². The predicted octanol–water partition coefficient (Wildman–Crippen LogP) is 3.60. The van der Waals surface area contributed by atoms with Gasteiger partial charge in [-0.1, -0.05) is 24.9 Å². The van der Waals surface area contributed by atoms with Gasteiger partial charge in [-0.15, -0.1) is 0 Å². The van der Waals surface area contributed by atoms with Gasteiger partial charge in [0.25, 0.3) is 0 Å². The summed E-state index contributed by atoms with van der Waals surface area (Å²) in [6.45, 7) is 10.7. The lowest BCUT2D eigenvalue weighted by atomic mass is 10.0. The van der Waals surface area contributed by atoms with Crippen molar-refractivity contribution in [2.24, 2.45) is 7.05 Å². The van der Waals surface area contributed by atoms with Crippen LogP contribution in [0.2, 0.25) is 5.15 Å².